The van der Waals surface area contributed by atoms with Gasteiger partial charge in [0, 0.05) is 31.1 Å². The summed E-state index contributed by atoms with van der Waals surface area (Å²) in [5.74, 6) is -0.467. The maximum atomic E-state index is 13.8. The Balaban J connectivity index is 2.03. The Hall–Kier alpha value is -3.56. The van der Waals surface area contributed by atoms with Crippen LogP contribution in [0.4, 0.5) is 5.69 Å². The van der Waals surface area contributed by atoms with E-state index in [1.807, 2.05) is 30.3 Å². The number of sulfonamides is 1. The summed E-state index contributed by atoms with van der Waals surface area (Å²) < 4.78 is 31.8. The van der Waals surface area contributed by atoms with Crippen LogP contribution in [0.15, 0.2) is 78.9 Å². The lowest BCUT2D eigenvalue weighted by molar-refractivity contribution is -0.139. The molecule has 0 aliphatic carbocycles. The number of halogens is 1. The number of likely N-dealkylation sites (N-methyl/N-ethyl adjacent to an activating group) is 1. The highest BCUT2D eigenvalue weighted by molar-refractivity contribution is 7.92. The number of rotatable bonds is 11. The minimum atomic E-state index is -3.85. The molecule has 8 nitrogen and oxygen atoms in total. The molecule has 37 heavy (non-hydrogen) atoms. The van der Waals surface area contributed by atoms with E-state index >= 15 is 0 Å². The normalized spacial score (nSPS) is 11.9. The standard InChI is InChI=1S/C27H30ClN3O5S/c1-29-27(33)25(16-20-9-5-4-6-10-20)30(18-21-11-7-12-22(28)15-21)26(32)19-31(37(3,34)35)23-13-8-14-24(17-23)36-2/h4-15,17,25H,16,18-19H2,1-3H3,(H,29,33). The fourth-order valence-electron chi connectivity index (χ4n) is 3.93. The quantitative estimate of drug-likeness (QED) is 0.399. The Morgan fingerprint density at radius 2 is 1.65 bits per heavy atom. The van der Waals surface area contributed by atoms with Gasteiger partial charge in [-0.15, -0.1) is 0 Å². The Morgan fingerprint density at radius 3 is 2.27 bits per heavy atom. The number of nitrogens with one attached hydrogen (secondary N) is 1. The molecule has 10 heteroatoms. The molecule has 1 unspecified atom stereocenters. The molecule has 0 aromatic heterocycles. The molecule has 0 bridgehead atoms. The van der Waals surface area contributed by atoms with Crippen LogP contribution in [-0.4, -0.2) is 58.1 Å². The van der Waals surface area contributed by atoms with Crippen molar-refractivity contribution in [2.75, 3.05) is 31.3 Å². The highest BCUT2D eigenvalue weighted by Gasteiger charge is 2.32. The van der Waals surface area contributed by atoms with Crippen LogP contribution in [0.3, 0.4) is 0 Å². The van der Waals surface area contributed by atoms with Crippen molar-refractivity contribution in [1.82, 2.24) is 10.2 Å². The molecule has 3 aromatic rings. The molecule has 1 atom stereocenters. The monoisotopic (exact) mass is 543 g/mol. The van der Waals surface area contributed by atoms with Crippen molar-refractivity contribution in [2.45, 2.75) is 19.0 Å². The number of amides is 2. The van der Waals surface area contributed by atoms with Gasteiger partial charge < -0.3 is 15.0 Å². The van der Waals surface area contributed by atoms with E-state index in [0.717, 1.165) is 16.1 Å². The van der Waals surface area contributed by atoms with Gasteiger partial charge in [-0.3, -0.25) is 13.9 Å². The van der Waals surface area contributed by atoms with E-state index in [0.29, 0.717) is 16.3 Å². The van der Waals surface area contributed by atoms with Crippen LogP contribution in [0, 0.1) is 0 Å². The molecule has 196 valence electrons. The predicted octanol–water partition coefficient (Wildman–Crippen LogP) is 3.50. The smallest absolute Gasteiger partial charge is 0.244 e. The molecular formula is C27H30ClN3O5S. The van der Waals surface area contributed by atoms with Gasteiger partial charge in [-0.2, -0.15) is 0 Å². The lowest BCUT2D eigenvalue weighted by Crippen LogP contribution is -2.52. The summed E-state index contributed by atoms with van der Waals surface area (Å²) in [6, 6.07) is 21.8. The first-order chi connectivity index (χ1) is 17.6. The molecule has 3 aromatic carbocycles. The molecule has 1 N–H and O–H groups in total. The van der Waals surface area contributed by atoms with Crippen LogP contribution >= 0.6 is 11.6 Å². The summed E-state index contributed by atoms with van der Waals surface area (Å²) in [7, 11) is -0.880. The van der Waals surface area contributed by atoms with Gasteiger partial charge in [-0.05, 0) is 35.4 Å². The van der Waals surface area contributed by atoms with E-state index in [2.05, 4.69) is 5.32 Å². The summed E-state index contributed by atoms with van der Waals surface area (Å²) in [5.41, 5.74) is 1.83. The second-order valence-electron chi connectivity index (χ2n) is 8.44. The number of hydrogen-bond acceptors (Lipinski definition) is 5. The van der Waals surface area contributed by atoms with Crippen molar-refractivity contribution in [2.24, 2.45) is 0 Å². The third kappa shape index (κ3) is 7.71. The molecule has 0 fully saturated rings. The number of benzene rings is 3. The number of nitrogens with zero attached hydrogens (tertiary/aromatic N) is 2. The number of hydrogen-bond donors (Lipinski definition) is 1. The molecule has 0 spiro atoms. The number of ether oxygens (including phenoxy) is 1. The second-order valence-corrected chi connectivity index (χ2v) is 10.8. The summed E-state index contributed by atoms with van der Waals surface area (Å²) in [4.78, 5) is 28.3. The summed E-state index contributed by atoms with van der Waals surface area (Å²) in [5, 5.41) is 3.13. The minimum Gasteiger partial charge on any atom is -0.497 e. The fourth-order valence-corrected chi connectivity index (χ4v) is 4.99. The van der Waals surface area contributed by atoms with Crippen molar-refractivity contribution in [3.63, 3.8) is 0 Å². The van der Waals surface area contributed by atoms with E-state index in [1.165, 1.54) is 25.1 Å². The highest BCUT2D eigenvalue weighted by Crippen LogP contribution is 2.24. The lowest BCUT2D eigenvalue weighted by Gasteiger charge is -2.33. The second kappa shape index (κ2) is 12.6. The van der Waals surface area contributed by atoms with Gasteiger partial charge in [0.25, 0.3) is 0 Å². The van der Waals surface area contributed by atoms with E-state index < -0.39 is 28.5 Å². The first kappa shape index (κ1) is 28.0. The van der Waals surface area contributed by atoms with Gasteiger partial charge in [0.1, 0.15) is 18.3 Å². The summed E-state index contributed by atoms with van der Waals surface area (Å²) in [6.45, 7) is -0.450. The van der Waals surface area contributed by atoms with E-state index in [4.69, 9.17) is 16.3 Å². The Labute approximate surface area is 222 Å². The lowest BCUT2D eigenvalue weighted by atomic mass is 10.0. The van der Waals surface area contributed by atoms with Crippen molar-refractivity contribution in [3.05, 3.63) is 95.0 Å². The van der Waals surface area contributed by atoms with Crippen molar-refractivity contribution >= 4 is 39.1 Å². The van der Waals surface area contributed by atoms with Crippen LogP contribution < -0.4 is 14.4 Å². The van der Waals surface area contributed by atoms with Crippen molar-refractivity contribution < 1.29 is 22.7 Å². The minimum absolute atomic E-state index is 0.0556. The largest absolute Gasteiger partial charge is 0.497 e. The Morgan fingerprint density at radius 1 is 0.973 bits per heavy atom. The molecule has 2 amide bonds. The topological polar surface area (TPSA) is 96.0 Å². The molecule has 0 aliphatic heterocycles. The van der Waals surface area contributed by atoms with Gasteiger partial charge in [-0.25, -0.2) is 8.42 Å². The van der Waals surface area contributed by atoms with Gasteiger partial charge in [0.2, 0.25) is 21.8 Å². The van der Waals surface area contributed by atoms with Gasteiger partial charge in [0.05, 0.1) is 19.1 Å². The zero-order valence-corrected chi connectivity index (χ0v) is 22.5. The molecule has 0 heterocycles. The number of carbonyl (C=O) groups is 2. The Bertz CT molecular complexity index is 1330. The number of methoxy groups -OCH3 is 1. The summed E-state index contributed by atoms with van der Waals surface area (Å²) in [6.07, 6.45) is 1.27. The molecule has 0 aliphatic rings. The predicted molar refractivity (Wildman–Crippen MR) is 145 cm³/mol. The van der Waals surface area contributed by atoms with E-state index in [1.54, 1.807) is 42.5 Å². The first-order valence-electron chi connectivity index (χ1n) is 11.5. The first-order valence-corrected chi connectivity index (χ1v) is 13.8. The molecule has 0 radical (unpaired) electrons. The summed E-state index contributed by atoms with van der Waals surface area (Å²) >= 11 is 6.18. The van der Waals surface area contributed by atoms with E-state index in [9.17, 15) is 18.0 Å². The van der Waals surface area contributed by atoms with E-state index in [-0.39, 0.29) is 24.6 Å². The van der Waals surface area contributed by atoms with Crippen LogP contribution in [0.2, 0.25) is 5.02 Å². The highest BCUT2D eigenvalue weighted by atomic mass is 35.5. The molecular weight excluding hydrogens is 514 g/mol. The zero-order chi connectivity index (χ0) is 27.0. The number of carbonyl (C=O) groups excluding carboxylic acids is 2. The third-order valence-corrected chi connectivity index (χ3v) is 7.16. The average Bonchev–Trinajstić information content (AvgIpc) is 2.88. The van der Waals surface area contributed by atoms with Gasteiger partial charge in [0.15, 0.2) is 0 Å². The zero-order valence-electron chi connectivity index (χ0n) is 20.9. The van der Waals surface area contributed by atoms with Gasteiger partial charge >= 0.3 is 0 Å². The Kier molecular flexibility index (Phi) is 9.54. The number of anilines is 1. The van der Waals surface area contributed by atoms with Crippen LogP contribution in [0.5, 0.6) is 5.75 Å². The molecule has 0 saturated heterocycles. The molecule has 3 rings (SSSR count). The van der Waals surface area contributed by atoms with Crippen LogP contribution in [0.1, 0.15) is 11.1 Å². The maximum absolute atomic E-state index is 13.8. The SMILES string of the molecule is CNC(=O)C(Cc1ccccc1)N(Cc1cccc(Cl)c1)C(=O)CN(c1cccc(OC)c1)S(C)(=O)=O. The average molecular weight is 544 g/mol. The van der Waals surface area contributed by atoms with Crippen LogP contribution in [-0.2, 0) is 32.6 Å². The van der Waals surface area contributed by atoms with Crippen molar-refractivity contribution in [1.29, 1.82) is 0 Å². The fraction of sp³-hybridized carbons (Fsp3) is 0.259. The third-order valence-electron chi connectivity index (χ3n) is 5.78. The van der Waals surface area contributed by atoms with Crippen molar-refractivity contribution in [3.8, 4) is 5.75 Å². The molecule has 0 saturated carbocycles. The van der Waals surface area contributed by atoms with Crippen LogP contribution in [0.25, 0.3) is 0 Å². The maximum Gasteiger partial charge on any atom is 0.244 e. The van der Waals surface area contributed by atoms with Gasteiger partial charge in [-0.1, -0.05) is 60.1 Å².